The molecule has 32 heavy (non-hydrogen) atoms. The molecule has 10 nitrogen and oxygen atoms in total. The zero-order valence-electron chi connectivity index (χ0n) is 18.6. The number of carbonyl (C=O) groups excluding carboxylic acids is 2. The first kappa shape index (κ1) is 23.3. The summed E-state index contributed by atoms with van der Waals surface area (Å²) in [4.78, 5) is 42.1. The van der Waals surface area contributed by atoms with Gasteiger partial charge < -0.3 is 29.2 Å². The van der Waals surface area contributed by atoms with Gasteiger partial charge in [0, 0.05) is 29.9 Å². The van der Waals surface area contributed by atoms with Crippen LogP contribution in [0.4, 0.5) is 0 Å². The predicted molar refractivity (Wildman–Crippen MR) is 114 cm³/mol. The lowest BCUT2D eigenvalue weighted by Crippen LogP contribution is -2.39. The number of pyridine rings is 2. The standard InChI is InChI=1S/C22H27N3O7/c1-22(2,3)32-17(26)10-24-20(28)18-19(27)14-12-31-8-7-15(14)25(21(18)29)11-13-5-6-16(30-4)23-9-13/h5-6,9,27H,7-8,10-12H2,1-4H3,(H,24,28). The van der Waals surface area contributed by atoms with Crippen molar-refractivity contribution in [2.24, 2.45) is 0 Å². The number of aromatic nitrogens is 2. The van der Waals surface area contributed by atoms with Gasteiger partial charge in [-0.2, -0.15) is 0 Å². The normalized spacial score (nSPS) is 13.2. The van der Waals surface area contributed by atoms with Crippen LogP contribution < -0.4 is 15.6 Å². The number of fused-ring (bicyclic) bond motifs is 1. The van der Waals surface area contributed by atoms with Gasteiger partial charge in [-0.05, 0) is 26.3 Å². The summed E-state index contributed by atoms with van der Waals surface area (Å²) in [6, 6.07) is 3.43. The van der Waals surface area contributed by atoms with Crippen molar-refractivity contribution in [3.05, 3.63) is 51.1 Å². The second-order valence-electron chi connectivity index (χ2n) is 8.32. The zero-order chi connectivity index (χ0) is 23.5. The van der Waals surface area contributed by atoms with E-state index in [4.69, 9.17) is 14.2 Å². The Labute approximate surface area is 185 Å². The van der Waals surface area contributed by atoms with Gasteiger partial charge in [0.05, 0.1) is 26.9 Å². The van der Waals surface area contributed by atoms with Gasteiger partial charge in [-0.25, -0.2) is 4.98 Å². The number of carbonyl (C=O) groups is 2. The van der Waals surface area contributed by atoms with Crippen LogP contribution >= 0.6 is 0 Å². The van der Waals surface area contributed by atoms with E-state index in [1.54, 1.807) is 39.1 Å². The number of esters is 1. The molecule has 10 heteroatoms. The molecule has 0 saturated heterocycles. The van der Waals surface area contributed by atoms with Crippen LogP contribution in [-0.4, -0.2) is 52.4 Å². The molecule has 2 N–H and O–H groups in total. The van der Waals surface area contributed by atoms with Crippen LogP contribution in [-0.2, 0) is 33.8 Å². The SMILES string of the molecule is COc1ccc(Cn2c3c(c(O)c(C(=O)NCC(=O)OC(C)(C)C)c2=O)COCC3)cn1. The monoisotopic (exact) mass is 445 g/mol. The maximum absolute atomic E-state index is 13.2. The van der Waals surface area contributed by atoms with Crippen LogP contribution in [0.15, 0.2) is 23.1 Å². The van der Waals surface area contributed by atoms with Gasteiger partial charge in [0.2, 0.25) is 5.88 Å². The number of methoxy groups -OCH3 is 1. The smallest absolute Gasteiger partial charge is 0.325 e. The molecule has 172 valence electrons. The van der Waals surface area contributed by atoms with E-state index in [-0.39, 0.29) is 13.2 Å². The molecule has 2 aromatic heterocycles. The van der Waals surface area contributed by atoms with Crippen LogP contribution in [0.5, 0.6) is 11.6 Å². The van der Waals surface area contributed by atoms with Crippen LogP contribution in [0.1, 0.15) is 48.0 Å². The molecule has 0 aromatic carbocycles. The quantitative estimate of drug-likeness (QED) is 0.634. The molecule has 0 saturated carbocycles. The molecule has 2 aromatic rings. The highest BCUT2D eigenvalue weighted by atomic mass is 16.6. The molecule has 0 radical (unpaired) electrons. The first-order valence-corrected chi connectivity index (χ1v) is 10.1. The van der Waals surface area contributed by atoms with Gasteiger partial charge in [0.15, 0.2) is 0 Å². The van der Waals surface area contributed by atoms with Crippen molar-refractivity contribution < 1.29 is 28.9 Å². The molecule has 1 amide bonds. The van der Waals surface area contributed by atoms with Gasteiger partial charge in [0.1, 0.15) is 23.5 Å². The summed E-state index contributed by atoms with van der Waals surface area (Å²) in [6.07, 6.45) is 1.98. The second-order valence-corrected chi connectivity index (χ2v) is 8.32. The number of rotatable bonds is 6. The first-order valence-electron chi connectivity index (χ1n) is 10.1. The molecule has 3 rings (SSSR count). The van der Waals surface area contributed by atoms with E-state index in [0.29, 0.717) is 35.7 Å². The van der Waals surface area contributed by atoms with Crippen LogP contribution in [0.3, 0.4) is 0 Å². The summed E-state index contributed by atoms with van der Waals surface area (Å²) < 4.78 is 17.1. The summed E-state index contributed by atoms with van der Waals surface area (Å²) in [7, 11) is 1.50. The zero-order valence-corrected chi connectivity index (χ0v) is 18.6. The Kier molecular flexibility index (Phi) is 6.83. The second kappa shape index (κ2) is 9.39. The van der Waals surface area contributed by atoms with E-state index in [1.165, 1.54) is 11.7 Å². The Morgan fingerprint density at radius 2 is 2.06 bits per heavy atom. The number of amides is 1. The van der Waals surface area contributed by atoms with E-state index in [1.807, 2.05) is 0 Å². The lowest BCUT2D eigenvalue weighted by Gasteiger charge is -2.24. The molecule has 1 aliphatic rings. The van der Waals surface area contributed by atoms with E-state index >= 15 is 0 Å². The first-order chi connectivity index (χ1) is 15.1. The molecule has 0 fully saturated rings. The fraction of sp³-hybridized carbons (Fsp3) is 0.455. The van der Waals surface area contributed by atoms with Crippen molar-refractivity contribution in [1.29, 1.82) is 0 Å². The third-order valence-corrected chi connectivity index (χ3v) is 4.77. The number of aromatic hydroxyl groups is 1. The van der Waals surface area contributed by atoms with Crippen molar-refractivity contribution in [3.8, 4) is 11.6 Å². The number of nitrogens with one attached hydrogen (secondary N) is 1. The molecule has 0 unspecified atom stereocenters. The highest BCUT2D eigenvalue weighted by molar-refractivity contribution is 5.98. The Hall–Kier alpha value is -3.40. The molecule has 0 aliphatic carbocycles. The Morgan fingerprint density at radius 1 is 1.31 bits per heavy atom. The number of hydrogen-bond acceptors (Lipinski definition) is 8. The van der Waals surface area contributed by atoms with E-state index < -0.39 is 40.9 Å². The van der Waals surface area contributed by atoms with Crippen molar-refractivity contribution in [3.63, 3.8) is 0 Å². The van der Waals surface area contributed by atoms with Crippen molar-refractivity contribution in [2.45, 2.75) is 45.9 Å². The predicted octanol–water partition coefficient (Wildman–Crippen LogP) is 1.15. The fourth-order valence-electron chi connectivity index (χ4n) is 3.39. The summed E-state index contributed by atoms with van der Waals surface area (Å²) in [5.74, 6) is -1.52. The largest absolute Gasteiger partial charge is 0.506 e. The maximum atomic E-state index is 13.2. The van der Waals surface area contributed by atoms with E-state index in [2.05, 4.69) is 10.3 Å². The number of nitrogens with zero attached hydrogens (tertiary/aromatic N) is 2. The molecular formula is C22H27N3O7. The topological polar surface area (TPSA) is 129 Å². The van der Waals surface area contributed by atoms with Crippen LogP contribution in [0.25, 0.3) is 0 Å². The van der Waals surface area contributed by atoms with Gasteiger partial charge in [-0.1, -0.05) is 6.07 Å². The van der Waals surface area contributed by atoms with Crippen molar-refractivity contribution in [2.75, 3.05) is 20.3 Å². The van der Waals surface area contributed by atoms with Gasteiger partial charge in [0.25, 0.3) is 11.5 Å². The fourth-order valence-corrected chi connectivity index (χ4v) is 3.39. The minimum Gasteiger partial charge on any atom is -0.506 e. The van der Waals surface area contributed by atoms with Crippen LogP contribution in [0, 0.1) is 0 Å². The molecule has 3 heterocycles. The van der Waals surface area contributed by atoms with Gasteiger partial charge in [-0.15, -0.1) is 0 Å². The van der Waals surface area contributed by atoms with Crippen molar-refractivity contribution in [1.82, 2.24) is 14.9 Å². The lowest BCUT2D eigenvalue weighted by atomic mass is 10.0. The molecule has 1 aliphatic heterocycles. The average Bonchev–Trinajstić information content (AvgIpc) is 2.74. The lowest BCUT2D eigenvalue weighted by molar-refractivity contribution is -0.153. The molecule has 0 spiro atoms. The number of hydrogen-bond donors (Lipinski definition) is 2. The third-order valence-electron chi connectivity index (χ3n) is 4.77. The highest BCUT2D eigenvalue weighted by Crippen LogP contribution is 2.28. The maximum Gasteiger partial charge on any atom is 0.325 e. The summed E-state index contributed by atoms with van der Waals surface area (Å²) in [5.41, 5.74) is -0.142. The summed E-state index contributed by atoms with van der Waals surface area (Å²) in [6.45, 7) is 5.26. The van der Waals surface area contributed by atoms with E-state index in [0.717, 1.165) is 0 Å². The van der Waals surface area contributed by atoms with Crippen molar-refractivity contribution >= 4 is 11.9 Å². The Balaban J connectivity index is 1.94. The average molecular weight is 445 g/mol. The molecule has 0 bridgehead atoms. The molecule has 0 atom stereocenters. The van der Waals surface area contributed by atoms with Crippen LogP contribution in [0.2, 0.25) is 0 Å². The van der Waals surface area contributed by atoms with E-state index in [9.17, 15) is 19.5 Å². The van der Waals surface area contributed by atoms with Gasteiger partial charge >= 0.3 is 5.97 Å². The van der Waals surface area contributed by atoms with Gasteiger partial charge in [-0.3, -0.25) is 14.4 Å². The Bertz CT molecular complexity index is 1070. The minimum atomic E-state index is -0.867. The molecular weight excluding hydrogens is 418 g/mol. The third kappa shape index (κ3) is 5.25. The number of ether oxygens (including phenoxy) is 3. The summed E-state index contributed by atoms with van der Waals surface area (Å²) in [5, 5.41) is 13.1. The highest BCUT2D eigenvalue weighted by Gasteiger charge is 2.28. The minimum absolute atomic E-state index is 0.0641. The summed E-state index contributed by atoms with van der Waals surface area (Å²) >= 11 is 0. The Morgan fingerprint density at radius 3 is 2.69 bits per heavy atom.